The summed E-state index contributed by atoms with van der Waals surface area (Å²) in [6.45, 7) is -1.43. The number of carbonyl (C=O) groups excluding carboxylic acids is 2. The van der Waals surface area contributed by atoms with Gasteiger partial charge in [-0.1, -0.05) is 19.3 Å². The fraction of sp³-hybridized carbons (Fsp3) is 0.846. The molecule has 1 aliphatic carbocycles. The average molecular weight is 292 g/mol. The van der Waals surface area contributed by atoms with Crippen LogP contribution in [0.15, 0.2) is 0 Å². The molecular weight excluding hydrogens is 273 g/mol. The number of nitrogens with one attached hydrogen (secondary N) is 1. The summed E-state index contributed by atoms with van der Waals surface area (Å²) >= 11 is 0. The van der Waals surface area contributed by atoms with Gasteiger partial charge < -0.3 is 10.2 Å². The molecule has 0 aromatic heterocycles. The second kappa shape index (κ2) is 6.01. The molecule has 20 heavy (non-hydrogen) atoms. The minimum absolute atomic E-state index is 0.0333. The molecule has 1 N–H and O–H groups in total. The molecule has 1 saturated carbocycles. The van der Waals surface area contributed by atoms with E-state index in [1.54, 1.807) is 0 Å². The van der Waals surface area contributed by atoms with E-state index in [4.69, 9.17) is 0 Å². The van der Waals surface area contributed by atoms with Gasteiger partial charge in [-0.3, -0.25) is 9.59 Å². The van der Waals surface area contributed by atoms with Crippen LogP contribution < -0.4 is 5.32 Å². The van der Waals surface area contributed by atoms with Gasteiger partial charge in [-0.25, -0.2) is 0 Å². The Labute approximate surface area is 115 Å². The molecule has 2 rings (SSSR count). The number of halogens is 3. The summed E-state index contributed by atoms with van der Waals surface area (Å²) in [5.74, 6) is -0.951. The van der Waals surface area contributed by atoms with E-state index < -0.39 is 24.7 Å². The van der Waals surface area contributed by atoms with Crippen molar-refractivity contribution in [1.29, 1.82) is 0 Å². The lowest BCUT2D eigenvalue weighted by Crippen LogP contribution is -2.51. The van der Waals surface area contributed by atoms with Crippen LogP contribution >= 0.6 is 0 Å². The molecule has 1 saturated heterocycles. The monoisotopic (exact) mass is 292 g/mol. The molecule has 0 bridgehead atoms. The molecule has 2 fully saturated rings. The van der Waals surface area contributed by atoms with Crippen LogP contribution in [0.2, 0.25) is 0 Å². The molecule has 4 nitrogen and oxygen atoms in total. The molecule has 114 valence electrons. The van der Waals surface area contributed by atoms with E-state index in [9.17, 15) is 22.8 Å². The lowest BCUT2D eigenvalue weighted by molar-refractivity contribution is -0.162. The van der Waals surface area contributed by atoms with Crippen molar-refractivity contribution in [3.05, 3.63) is 0 Å². The van der Waals surface area contributed by atoms with Gasteiger partial charge in [0.15, 0.2) is 0 Å². The van der Waals surface area contributed by atoms with Crippen molar-refractivity contribution in [2.45, 2.75) is 50.7 Å². The summed E-state index contributed by atoms with van der Waals surface area (Å²) < 4.78 is 37.5. The van der Waals surface area contributed by atoms with Crippen LogP contribution in [-0.2, 0) is 9.59 Å². The maximum Gasteiger partial charge on any atom is 0.406 e. The van der Waals surface area contributed by atoms with E-state index in [-0.39, 0.29) is 24.8 Å². The Hall–Kier alpha value is -1.27. The van der Waals surface area contributed by atoms with Gasteiger partial charge in [0.2, 0.25) is 11.8 Å². The molecular formula is C13H19F3N2O2. The first kappa shape index (κ1) is 15.1. The largest absolute Gasteiger partial charge is 0.406 e. The predicted octanol–water partition coefficient (Wildman–Crippen LogP) is 1.85. The number of hydrogen-bond donors (Lipinski definition) is 1. The first-order valence-electron chi connectivity index (χ1n) is 7.02. The van der Waals surface area contributed by atoms with Crippen molar-refractivity contribution in [3.8, 4) is 0 Å². The minimum atomic E-state index is -4.43. The molecule has 1 aliphatic heterocycles. The zero-order chi connectivity index (χ0) is 14.8. The lowest BCUT2D eigenvalue weighted by Gasteiger charge is -2.32. The van der Waals surface area contributed by atoms with Crippen molar-refractivity contribution in [2.24, 2.45) is 5.92 Å². The minimum Gasteiger partial charge on any atom is -0.344 e. The summed E-state index contributed by atoms with van der Waals surface area (Å²) in [5.41, 5.74) is 0. The third-order valence-electron chi connectivity index (χ3n) is 3.99. The summed E-state index contributed by atoms with van der Waals surface area (Å²) in [6.07, 6.45) is 0.0864. The summed E-state index contributed by atoms with van der Waals surface area (Å²) in [4.78, 5) is 24.7. The SMILES string of the molecule is O=C1CCN(CC(F)(F)F)C(=O)C(C2CCCCC2)N1. The summed E-state index contributed by atoms with van der Waals surface area (Å²) in [5, 5.41) is 2.62. The Morgan fingerprint density at radius 3 is 2.40 bits per heavy atom. The highest BCUT2D eigenvalue weighted by atomic mass is 19.4. The van der Waals surface area contributed by atoms with E-state index in [0.29, 0.717) is 0 Å². The molecule has 0 aromatic carbocycles. The number of hydrogen-bond acceptors (Lipinski definition) is 2. The maximum absolute atomic E-state index is 12.5. The number of nitrogens with zero attached hydrogens (tertiary/aromatic N) is 1. The predicted molar refractivity (Wildman–Crippen MR) is 65.8 cm³/mol. The quantitative estimate of drug-likeness (QED) is 0.844. The second-order valence-electron chi connectivity index (χ2n) is 5.57. The molecule has 0 spiro atoms. The average Bonchev–Trinajstić information content (AvgIpc) is 2.51. The van der Waals surface area contributed by atoms with Gasteiger partial charge in [-0.2, -0.15) is 13.2 Å². The van der Waals surface area contributed by atoms with Gasteiger partial charge >= 0.3 is 6.18 Å². The van der Waals surface area contributed by atoms with Crippen molar-refractivity contribution in [3.63, 3.8) is 0 Å². The van der Waals surface area contributed by atoms with Crippen molar-refractivity contribution >= 4 is 11.8 Å². The van der Waals surface area contributed by atoms with E-state index in [1.165, 1.54) is 0 Å². The maximum atomic E-state index is 12.5. The first-order valence-corrected chi connectivity index (χ1v) is 7.02. The molecule has 0 radical (unpaired) electrons. The Morgan fingerprint density at radius 2 is 1.80 bits per heavy atom. The van der Waals surface area contributed by atoms with Crippen molar-refractivity contribution in [1.82, 2.24) is 10.2 Å². The van der Waals surface area contributed by atoms with E-state index in [2.05, 4.69) is 5.32 Å². The number of amides is 2. The smallest absolute Gasteiger partial charge is 0.344 e. The Bertz CT molecular complexity index is 378. The molecule has 2 amide bonds. The molecule has 1 unspecified atom stereocenters. The van der Waals surface area contributed by atoms with Crippen LogP contribution in [-0.4, -0.2) is 42.0 Å². The van der Waals surface area contributed by atoms with Crippen LogP contribution in [0, 0.1) is 5.92 Å². The fourth-order valence-corrected chi connectivity index (χ4v) is 3.01. The van der Waals surface area contributed by atoms with E-state index in [1.807, 2.05) is 0 Å². The molecule has 2 aliphatic rings. The normalized spacial score (nSPS) is 26.4. The standard InChI is InChI=1S/C13H19F3N2O2/c14-13(15,16)8-18-7-6-10(19)17-11(12(18)20)9-4-2-1-3-5-9/h9,11H,1-8H2,(H,17,19). The van der Waals surface area contributed by atoms with Crippen LogP contribution in [0.5, 0.6) is 0 Å². The van der Waals surface area contributed by atoms with Crippen molar-refractivity contribution in [2.75, 3.05) is 13.1 Å². The van der Waals surface area contributed by atoms with E-state index in [0.717, 1.165) is 37.0 Å². The van der Waals surface area contributed by atoms with Crippen LogP contribution in [0.4, 0.5) is 13.2 Å². The van der Waals surface area contributed by atoms with Gasteiger partial charge in [0.05, 0.1) is 0 Å². The second-order valence-corrected chi connectivity index (χ2v) is 5.57. The zero-order valence-electron chi connectivity index (χ0n) is 11.2. The highest BCUT2D eigenvalue weighted by Gasteiger charge is 2.40. The highest BCUT2D eigenvalue weighted by molar-refractivity contribution is 5.90. The third kappa shape index (κ3) is 3.86. The number of rotatable bonds is 2. The lowest BCUT2D eigenvalue weighted by atomic mass is 9.83. The zero-order valence-corrected chi connectivity index (χ0v) is 11.2. The Balaban J connectivity index is 2.11. The topological polar surface area (TPSA) is 49.4 Å². The Morgan fingerprint density at radius 1 is 1.15 bits per heavy atom. The van der Waals surface area contributed by atoms with Crippen molar-refractivity contribution < 1.29 is 22.8 Å². The molecule has 1 atom stereocenters. The van der Waals surface area contributed by atoms with E-state index >= 15 is 0 Å². The molecule has 1 heterocycles. The Kier molecular flexibility index (Phi) is 4.55. The third-order valence-corrected chi connectivity index (χ3v) is 3.99. The fourth-order valence-electron chi connectivity index (χ4n) is 3.01. The first-order chi connectivity index (χ1) is 9.37. The van der Waals surface area contributed by atoms with Gasteiger partial charge in [-0.05, 0) is 18.8 Å². The van der Waals surface area contributed by atoms with Crippen LogP contribution in [0.25, 0.3) is 0 Å². The highest BCUT2D eigenvalue weighted by Crippen LogP contribution is 2.29. The van der Waals surface area contributed by atoms with Gasteiger partial charge in [0, 0.05) is 13.0 Å². The summed E-state index contributed by atoms with van der Waals surface area (Å²) in [6, 6.07) is -0.785. The van der Waals surface area contributed by atoms with Gasteiger partial charge in [0.1, 0.15) is 12.6 Å². The molecule has 7 heteroatoms. The van der Waals surface area contributed by atoms with Gasteiger partial charge in [-0.15, -0.1) is 0 Å². The number of carbonyl (C=O) groups is 2. The number of alkyl halides is 3. The van der Waals surface area contributed by atoms with Crippen LogP contribution in [0.1, 0.15) is 38.5 Å². The van der Waals surface area contributed by atoms with Crippen LogP contribution in [0.3, 0.4) is 0 Å². The van der Waals surface area contributed by atoms with Gasteiger partial charge in [0.25, 0.3) is 0 Å². The summed E-state index contributed by atoms with van der Waals surface area (Å²) in [7, 11) is 0. The molecule has 0 aromatic rings.